The first kappa shape index (κ1) is 9.18. The zero-order valence-corrected chi connectivity index (χ0v) is 8.37. The van der Waals surface area contributed by atoms with E-state index in [0.717, 1.165) is 10.4 Å². The van der Waals surface area contributed by atoms with Gasteiger partial charge in [0.15, 0.2) is 0 Å². The summed E-state index contributed by atoms with van der Waals surface area (Å²) in [7, 11) is 0. The van der Waals surface area contributed by atoms with Crippen molar-refractivity contribution in [1.29, 1.82) is 0 Å². The fourth-order valence-corrected chi connectivity index (χ4v) is 2.06. The molecule has 0 aliphatic rings. The molecule has 0 spiro atoms. The van der Waals surface area contributed by atoms with Gasteiger partial charge in [-0.3, -0.25) is 0 Å². The highest BCUT2D eigenvalue weighted by Crippen LogP contribution is 2.25. The summed E-state index contributed by atoms with van der Waals surface area (Å²) in [6, 6.07) is 7.57. The van der Waals surface area contributed by atoms with Gasteiger partial charge in [-0.2, -0.15) is 0 Å². The predicted octanol–water partition coefficient (Wildman–Crippen LogP) is 1.77. The van der Waals surface area contributed by atoms with Crippen molar-refractivity contribution in [3.05, 3.63) is 46.3 Å². The number of nitrogens with two attached hydrogens (primary N) is 2. The lowest BCUT2D eigenvalue weighted by atomic mass is 10.1. The Labute approximate surface area is 86.4 Å². The van der Waals surface area contributed by atoms with E-state index in [2.05, 4.69) is 4.98 Å². The van der Waals surface area contributed by atoms with E-state index in [1.54, 1.807) is 17.5 Å². The predicted molar refractivity (Wildman–Crippen MR) is 59.0 cm³/mol. The van der Waals surface area contributed by atoms with E-state index in [-0.39, 0.29) is 6.04 Å². The molecule has 3 nitrogen and oxygen atoms in total. The third-order valence-electron chi connectivity index (χ3n) is 2.06. The quantitative estimate of drug-likeness (QED) is 0.785. The van der Waals surface area contributed by atoms with Gasteiger partial charge in [-0.15, -0.1) is 11.3 Å². The summed E-state index contributed by atoms with van der Waals surface area (Å²) in [5.74, 6) is 0.508. The van der Waals surface area contributed by atoms with Gasteiger partial charge in [-0.1, -0.05) is 12.1 Å². The highest BCUT2D eigenvalue weighted by molar-refractivity contribution is 7.10. The Morgan fingerprint density at radius 3 is 2.79 bits per heavy atom. The maximum Gasteiger partial charge on any atom is 0.128 e. The van der Waals surface area contributed by atoms with Crippen LogP contribution in [0.3, 0.4) is 0 Å². The number of rotatable bonds is 2. The minimum absolute atomic E-state index is 0.163. The lowest BCUT2D eigenvalue weighted by Gasteiger charge is -2.11. The highest BCUT2D eigenvalue weighted by Gasteiger charge is 2.12. The molecule has 0 aromatic carbocycles. The number of hydrogen-bond acceptors (Lipinski definition) is 4. The summed E-state index contributed by atoms with van der Waals surface area (Å²) in [5, 5.41) is 2.00. The average molecular weight is 205 g/mol. The van der Waals surface area contributed by atoms with Crippen molar-refractivity contribution < 1.29 is 0 Å². The second-order valence-corrected chi connectivity index (χ2v) is 3.95. The molecule has 0 aliphatic heterocycles. The molecule has 0 saturated carbocycles. The van der Waals surface area contributed by atoms with Crippen LogP contribution in [0.4, 0.5) is 5.82 Å². The Bertz CT molecular complexity index is 411. The van der Waals surface area contributed by atoms with Gasteiger partial charge in [0.1, 0.15) is 5.82 Å². The van der Waals surface area contributed by atoms with E-state index in [0.29, 0.717) is 5.82 Å². The monoisotopic (exact) mass is 205 g/mol. The van der Waals surface area contributed by atoms with Crippen molar-refractivity contribution >= 4 is 17.2 Å². The first-order valence-corrected chi connectivity index (χ1v) is 5.16. The molecule has 0 bridgehead atoms. The second-order valence-electron chi connectivity index (χ2n) is 2.97. The van der Waals surface area contributed by atoms with Gasteiger partial charge in [0.05, 0.1) is 6.04 Å². The van der Waals surface area contributed by atoms with Crippen LogP contribution in [0.1, 0.15) is 16.5 Å². The Balaban J connectivity index is 2.37. The molecule has 0 radical (unpaired) electrons. The zero-order chi connectivity index (χ0) is 9.97. The molecule has 0 fully saturated rings. The lowest BCUT2D eigenvalue weighted by molar-refractivity contribution is 0.889. The van der Waals surface area contributed by atoms with Crippen LogP contribution in [-0.2, 0) is 0 Å². The highest BCUT2D eigenvalue weighted by atomic mass is 32.1. The molecule has 0 aliphatic carbocycles. The molecule has 2 aromatic heterocycles. The third-order valence-corrected chi connectivity index (χ3v) is 3.01. The molecule has 2 rings (SSSR count). The maximum absolute atomic E-state index is 6.05. The molecule has 1 atom stereocenters. The van der Waals surface area contributed by atoms with Gasteiger partial charge in [0, 0.05) is 16.6 Å². The van der Waals surface area contributed by atoms with E-state index in [1.165, 1.54) is 0 Å². The van der Waals surface area contributed by atoms with Gasteiger partial charge >= 0.3 is 0 Å². The minimum atomic E-state index is -0.163. The Kier molecular flexibility index (Phi) is 2.47. The number of nitrogens with zero attached hydrogens (tertiary/aromatic N) is 1. The first-order chi connectivity index (χ1) is 6.79. The number of aromatic nitrogens is 1. The fraction of sp³-hybridized carbons (Fsp3) is 0.100. The molecular weight excluding hydrogens is 194 g/mol. The molecule has 2 heterocycles. The SMILES string of the molecule is Nc1ncccc1[C@@H](N)c1cccs1. The van der Waals surface area contributed by atoms with Crippen LogP contribution in [0.2, 0.25) is 0 Å². The van der Waals surface area contributed by atoms with Crippen LogP contribution >= 0.6 is 11.3 Å². The smallest absolute Gasteiger partial charge is 0.128 e. The summed E-state index contributed by atoms with van der Waals surface area (Å²) >= 11 is 1.63. The molecule has 2 aromatic rings. The van der Waals surface area contributed by atoms with Crippen molar-refractivity contribution in [3.8, 4) is 0 Å². The molecule has 14 heavy (non-hydrogen) atoms. The van der Waals surface area contributed by atoms with Crippen LogP contribution in [0.5, 0.6) is 0 Å². The van der Waals surface area contributed by atoms with E-state index in [4.69, 9.17) is 11.5 Å². The van der Waals surface area contributed by atoms with E-state index < -0.39 is 0 Å². The molecule has 4 heteroatoms. The van der Waals surface area contributed by atoms with Crippen molar-refractivity contribution in [1.82, 2.24) is 4.98 Å². The summed E-state index contributed by atoms with van der Waals surface area (Å²) in [5.41, 5.74) is 12.7. The molecular formula is C10H11N3S. The van der Waals surface area contributed by atoms with Gasteiger partial charge < -0.3 is 11.5 Å². The summed E-state index contributed by atoms with van der Waals surface area (Å²) in [6.45, 7) is 0. The second kappa shape index (κ2) is 3.77. The van der Waals surface area contributed by atoms with Crippen LogP contribution in [0, 0.1) is 0 Å². The average Bonchev–Trinajstić information content (AvgIpc) is 2.70. The number of anilines is 1. The standard InChI is InChI=1S/C10H11N3S/c11-9(8-4-2-6-14-8)7-3-1-5-13-10(7)12/h1-6,9H,11H2,(H2,12,13)/t9-/m1/s1. The van der Waals surface area contributed by atoms with Crippen molar-refractivity contribution in [2.24, 2.45) is 5.73 Å². The first-order valence-electron chi connectivity index (χ1n) is 4.28. The van der Waals surface area contributed by atoms with Crippen LogP contribution < -0.4 is 11.5 Å². The summed E-state index contributed by atoms with van der Waals surface area (Å²) in [6.07, 6.45) is 1.67. The normalized spacial score (nSPS) is 12.6. The largest absolute Gasteiger partial charge is 0.383 e. The Morgan fingerprint density at radius 2 is 2.14 bits per heavy atom. The Morgan fingerprint density at radius 1 is 1.29 bits per heavy atom. The zero-order valence-electron chi connectivity index (χ0n) is 7.55. The topological polar surface area (TPSA) is 64.9 Å². The Hall–Kier alpha value is -1.39. The molecule has 0 unspecified atom stereocenters. The summed E-state index contributed by atoms with van der Waals surface area (Å²) in [4.78, 5) is 5.11. The van der Waals surface area contributed by atoms with E-state index in [1.807, 2.05) is 29.6 Å². The van der Waals surface area contributed by atoms with Crippen molar-refractivity contribution in [3.63, 3.8) is 0 Å². The molecule has 72 valence electrons. The van der Waals surface area contributed by atoms with Crippen molar-refractivity contribution in [2.45, 2.75) is 6.04 Å². The van der Waals surface area contributed by atoms with Gasteiger partial charge in [0.25, 0.3) is 0 Å². The number of thiophene rings is 1. The number of hydrogen-bond donors (Lipinski definition) is 2. The van der Waals surface area contributed by atoms with Crippen molar-refractivity contribution in [2.75, 3.05) is 5.73 Å². The van der Waals surface area contributed by atoms with Crippen LogP contribution in [0.25, 0.3) is 0 Å². The van der Waals surface area contributed by atoms with Crippen LogP contribution in [-0.4, -0.2) is 4.98 Å². The summed E-state index contributed by atoms with van der Waals surface area (Å²) < 4.78 is 0. The molecule has 4 N–H and O–H groups in total. The minimum Gasteiger partial charge on any atom is -0.383 e. The van der Waals surface area contributed by atoms with Gasteiger partial charge in [-0.25, -0.2) is 4.98 Å². The van der Waals surface area contributed by atoms with E-state index in [9.17, 15) is 0 Å². The van der Waals surface area contributed by atoms with Gasteiger partial charge in [0.2, 0.25) is 0 Å². The number of nitrogen functional groups attached to an aromatic ring is 1. The van der Waals surface area contributed by atoms with Crippen LogP contribution in [0.15, 0.2) is 35.8 Å². The van der Waals surface area contributed by atoms with Gasteiger partial charge in [-0.05, 0) is 17.5 Å². The third kappa shape index (κ3) is 1.62. The molecule has 0 amide bonds. The molecule has 0 saturated heterocycles. The fourth-order valence-electron chi connectivity index (χ4n) is 1.31. The lowest BCUT2D eigenvalue weighted by Crippen LogP contribution is -2.13. The maximum atomic E-state index is 6.05. The van der Waals surface area contributed by atoms with E-state index >= 15 is 0 Å². The number of pyridine rings is 1.